The number of nitrogens with one attached hydrogen (secondary N) is 2. The Morgan fingerprint density at radius 2 is 2.17 bits per heavy atom. The summed E-state index contributed by atoms with van der Waals surface area (Å²) in [5, 5.41) is 6.98. The van der Waals surface area contributed by atoms with E-state index in [2.05, 4.69) is 31.4 Å². The lowest BCUT2D eigenvalue weighted by molar-refractivity contribution is 0.317. The van der Waals surface area contributed by atoms with Gasteiger partial charge in [0.25, 0.3) is 0 Å². The molecular formula is C10H22N2. The molecule has 12 heavy (non-hydrogen) atoms. The highest BCUT2D eigenvalue weighted by Gasteiger charge is 2.15. The summed E-state index contributed by atoms with van der Waals surface area (Å²) in [7, 11) is 0. The SMILES string of the molecule is CC(C)(C)NCC1CCCNC1. The Morgan fingerprint density at radius 3 is 2.67 bits per heavy atom. The van der Waals surface area contributed by atoms with E-state index in [1.807, 2.05) is 0 Å². The molecule has 72 valence electrons. The zero-order valence-electron chi connectivity index (χ0n) is 8.61. The quantitative estimate of drug-likeness (QED) is 0.654. The Bertz CT molecular complexity index is 120. The molecule has 0 radical (unpaired) electrons. The van der Waals surface area contributed by atoms with E-state index in [0.29, 0.717) is 0 Å². The van der Waals surface area contributed by atoms with Gasteiger partial charge in [0.15, 0.2) is 0 Å². The Kier molecular flexibility index (Phi) is 3.53. The van der Waals surface area contributed by atoms with Gasteiger partial charge in [-0.25, -0.2) is 0 Å². The van der Waals surface area contributed by atoms with Crippen LogP contribution >= 0.6 is 0 Å². The van der Waals surface area contributed by atoms with E-state index >= 15 is 0 Å². The van der Waals surface area contributed by atoms with Crippen molar-refractivity contribution >= 4 is 0 Å². The molecule has 0 bridgehead atoms. The minimum atomic E-state index is 0.275. The van der Waals surface area contributed by atoms with Crippen molar-refractivity contribution in [2.75, 3.05) is 19.6 Å². The molecule has 2 N–H and O–H groups in total. The maximum absolute atomic E-state index is 3.55. The van der Waals surface area contributed by atoms with Crippen molar-refractivity contribution in [1.29, 1.82) is 0 Å². The largest absolute Gasteiger partial charge is 0.316 e. The summed E-state index contributed by atoms with van der Waals surface area (Å²) >= 11 is 0. The lowest BCUT2D eigenvalue weighted by atomic mass is 9.98. The van der Waals surface area contributed by atoms with Crippen molar-refractivity contribution in [3.8, 4) is 0 Å². The van der Waals surface area contributed by atoms with E-state index in [4.69, 9.17) is 0 Å². The summed E-state index contributed by atoms with van der Waals surface area (Å²) in [6.45, 7) is 10.3. The number of rotatable bonds is 2. The molecule has 0 aromatic carbocycles. The molecular weight excluding hydrogens is 148 g/mol. The fraction of sp³-hybridized carbons (Fsp3) is 1.00. The molecule has 1 rings (SSSR count). The highest BCUT2D eigenvalue weighted by molar-refractivity contribution is 4.76. The minimum Gasteiger partial charge on any atom is -0.316 e. The monoisotopic (exact) mass is 170 g/mol. The second-order valence-corrected chi connectivity index (χ2v) is 4.84. The van der Waals surface area contributed by atoms with Crippen LogP contribution in [0, 0.1) is 5.92 Å². The van der Waals surface area contributed by atoms with Gasteiger partial charge >= 0.3 is 0 Å². The van der Waals surface area contributed by atoms with Gasteiger partial charge in [-0.05, 0) is 59.2 Å². The summed E-state index contributed by atoms with van der Waals surface area (Å²) in [6, 6.07) is 0. The summed E-state index contributed by atoms with van der Waals surface area (Å²) in [4.78, 5) is 0. The van der Waals surface area contributed by atoms with Crippen LogP contribution in [0.15, 0.2) is 0 Å². The van der Waals surface area contributed by atoms with Crippen LogP contribution in [0.3, 0.4) is 0 Å². The predicted octanol–water partition coefficient (Wildman–Crippen LogP) is 1.37. The van der Waals surface area contributed by atoms with Crippen LogP contribution in [0.1, 0.15) is 33.6 Å². The normalized spacial score (nSPS) is 25.8. The Hall–Kier alpha value is -0.0800. The van der Waals surface area contributed by atoms with Crippen molar-refractivity contribution in [3.63, 3.8) is 0 Å². The van der Waals surface area contributed by atoms with E-state index in [1.165, 1.54) is 25.9 Å². The maximum Gasteiger partial charge on any atom is 0.00966 e. The highest BCUT2D eigenvalue weighted by Crippen LogP contribution is 2.10. The van der Waals surface area contributed by atoms with Gasteiger partial charge in [0.2, 0.25) is 0 Å². The van der Waals surface area contributed by atoms with Gasteiger partial charge in [-0.1, -0.05) is 0 Å². The molecule has 1 fully saturated rings. The molecule has 1 atom stereocenters. The maximum atomic E-state index is 3.55. The minimum absolute atomic E-state index is 0.275. The molecule has 1 aliphatic heterocycles. The molecule has 2 heteroatoms. The molecule has 0 saturated carbocycles. The molecule has 0 spiro atoms. The second-order valence-electron chi connectivity index (χ2n) is 4.84. The Labute approximate surface area is 76.1 Å². The fourth-order valence-electron chi connectivity index (χ4n) is 1.55. The van der Waals surface area contributed by atoms with Crippen LogP contribution in [0.4, 0.5) is 0 Å². The van der Waals surface area contributed by atoms with Crippen LogP contribution in [0.2, 0.25) is 0 Å². The first-order valence-electron chi connectivity index (χ1n) is 5.04. The first-order valence-corrected chi connectivity index (χ1v) is 5.04. The third-order valence-corrected chi connectivity index (χ3v) is 2.32. The van der Waals surface area contributed by atoms with Gasteiger partial charge in [0, 0.05) is 5.54 Å². The standard InChI is InChI=1S/C10H22N2/c1-10(2,3)12-8-9-5-4-6-11-7-9/h9,11-12H,4-8H2,1-3H3. The second kappa shape index (κ2) is 4.24. The van der Waals surface area contributed by atoms with E-state index in [0.717, 1.165) is 12.5 Å². The average Bonchev–Trinajstić information content (AvgIpc) is 2.02. The van der Waals surface area contributed by atoms with E-state index < -0.39 is 0 Å². The van der Waals surface area contributed by atoms with Gasteiger partial charge in [-0.3, -0.25) is 0 Å². The van der Waals surface area contributed by atoms with Crippen molar-refractivity contribution in [2.45, 2.75) is 39.2 Å². The van der Waals surface area contributed by atoms with Crippen LogP contribution in [-0.4, -0.2) is 25.2 Å². The summed E-state index contributed by atoms with van der Waals surface area (Å²) in [5.74, 6) is 0.845. The van der Waals surface area contributed by atoms with Crippen molar-refractivity contribution in [1.82, 2.24) is 10.6 Å². The van der Waals surface area contributed by atoms with Crippen LogP contribution < -0.4 is 10.6 Å². The molecule has 1 aliphatic rings. The predicted molar refractivity (Wildman–Crippen MR) is 53.3 cm³/mol. The summed E-state index contributed by atoms with van der Waals surface area (Å²) in [5.41, 5.74) is 0.275. The molecule has 2 nitrogen and oxygen atoms in total. The molecule has 0 aliphatic carbocycles. The van der Waals surface area contributed by atoms with Crippen LogP contribution in [0.25, 0.3) is 0 Å². The van der Waals surface area contributed by atoms with E-state index in [1.54, 1.807) is 0 Å². The van der Waals surface area contributed by atoms with Crippen molar-refractivity contribution in [3.05, 3.63) is 0 Å². The van der Waals surface area contributed by atoms with Crippen LogP contribution in [0.5, 0.6) is 0 Å². The third kappa shape index (κ3) is 4.07. The molecule has 1 unspecified atom stereocenters. The van der Waals surface area contributed by atoms with Gasteiger partial charge < -0.3 is 10.6 Å². The Balaban J connectivity index is 2.13. The average molecular weight is 170 g/mol. The van der Waals surface area contributed by atoms with Gasteiger partial charge in [-0.15, -0.1) is 0 Å². The molecule has 1 heterocycles. The summed E-state index contributed by atoms with van der Waals surface area (Å²) in [6.07, 6.45) is 2.73. The van der Waals surface area contributed by atoms with Crippen molar-refractivity contribution < 1.29 is 0 Å². The van der Waals surface area contributed by atoms with Crippen LogP contribution in [-0.2, 0) is 0 Å². The molecule has 0 amide bonds. The van der Waals surface area contributed by atoms with Crippen molar-refractivity contribution in [2.24, 2.45) is 5.92 Å². The first kappa shape index (κ1) is 10.0. The summed E-state index contributed by atoms with van der Waals surface area (Å²) < 4.78 is 0. The van der Waals surface area contributed by atoms with Gasteiger partial charge in [-0.2, -0.15) is 0 Å². The lowest BCUT2D eigenvalue weighted by Crippen LogP contribution is -2.43. The topological polar surface area (TPSA) is 24.1 Å². The lowest BCUT2D eigenvalue weighted by Gasteiger charge is -2.28. The van der Waals surface area contributed by atoms with E-state index in [-0.39, 0.29) is 5.54 Å². The highest BCUT2D eigenvalue weighted by atomic mass is 15.0. The Morgan fingerprint density at radius 1 is 1.42 bits per heavy atom. The molecule has 1 saturated heterocycles. The first-order chi connectivity index (χ1) is 5.58. The number of piperidine rings is 1. The zero-order valence-corrected chi connectivity index (χ0v) is 8.61. The van der Waals surface area contributed by atoms with Gasteiger partial charge in [0.1, 0.15) is 0 Å². The fourth-order valence-corrected chi connectivity index (χ4v) is 1.55. The number of hydrogen-bond acceptors (Lipinski definition) is 2. The molecule has 0 aromatic rings. The third-order valence-electron chi connectivity index (χ3n) is 2.32. The van der Waals surface area contributed by atoms with Gasteiger partial charge in [0.05, 0.1) is 0 Å². The number of hydrogen-bond donors (Lipinski definition) is 2. The molecule has 0 aromatic heterocycles. The zero-order chi connectivity index (χ0) is 9.03. The van der Waals surface area contributed by atoms with E-state index in [9.17, 15) is 0 Å². The smallest absolute Gasteiger partial charge is 0.00966 e.